The second kappa shape index (κ2) is 12.1. The zero-order chi connectivity index (χ0) is 30.8. The van der Waals surface area contributed by atoms with E-state index >= 15 is 0 Å². The summed E-state index contributed by atoms with van der Waals surface area (Å²) in [4.78, 5) is 35.7. The summed E-state index contributed by atoms with van der Waals surface area (Å²) in [5, 5.41) is -0.425. The van der Waals surface area contributed by atoms with Crippen LogP contribution < -0.4 is 0 Å². The lowest BCUT2D eigenvalue weighted by molar-refractivity contribution is -0.163. The highest BCUT2D eigenvalue weighted by Crippen LogP contribution is 2.59. The number of hydrogen-bond donors (Lipinski definition) is 0. The summed E-state index contributed by atoms with van der Waals surface area (Å²) in [6.45, 7) is 12.5. The van der Waals surface area contributed by atoms with E-state index in [4.69, 9.17) is 4.74 Å². The highest BCUT2D eigenvalue weighted by molar-refractivity contribution is 8.01. The molecule has 43 heavy (non-hydrogen) atoms. The van der Waals surface area contributed by atoms with Crippen molar-refractivity contribution in [3.05, 3.63) is 132 Å². The van der Waals surface area contributed by atoms with Gasteiger partial charge in [-0.3, -0.25) is 19.6 Å². The molecule has 3 aromatic carbocycles. The van der Waals surface area contributed by atoms with Gasteiger partial charge in [0.25, 0.3) is 0 Å². The van der Waals surface area contributed by atoms with Crippen LogP contribution in [-0.4, -0.2) is 40.0 Å². The molecule has 0 aliphatic carbocycles. The summed E-state index contributed by atoms with van der Waals surface area (Å²) in [7, 11) is -2.39. The molecule has 1 fully saturated rings. The van der Waals surface area contributed by atoms with Crippen molar-refractivity contribution >= 4 is 31.9 Å². The Morgan fingerprint density at radius 1 is 0.860 bits per heavy atom. The molecule has 0 radical (unpaired) electrons. The van der Waals surface area contributed by atoms with Crippen molar-refractivity contribution in [3.63, 3.8) is 0 Å². The number of carbonyl (C=O) groups excluding carboxylic acids is 2. The van der Waals surface area contributed by atoms with Crippen molar-refractivity contribution < 1.29 is 14.3 Å². The van der Waals surface area contributed by atoms with Gasteiger partial charge in [0.15, 0.2) is 14.3 Å². The van der Waals surface area contributed by atoms with Crippen LogP contribution >= 0.6 is 11.8 Å². The molecule has 2 heterocycles. The van der Waals surface area contributed by atoms with Crippen molar-refractivity contribution in [1.82, 2.24) is 14.5 Å². The first kappa shape index (κ1) is 30.7. The summed E-state index contributed by atoms with van der Waals surface area (Å²) in [5.74, 6) is -1.11. The van der Waals surface area contributed by atoms with Crippen LogP contribution in [0.25, 0.3) is 0 Å². The van der Waals surface area contributed by atoms with E-state index < -0.39 is 31.0 Å². The number of β-lactam (4-membered cyclic amide) rings is 1. The maximum absolute atomic E-state index is 14.5. The van der Waals surface area contributed by atoms with Gasteiger partial charge in [0, 0.05) is 19.3 Å². The Bertz CT molecular complexity index is 1450. The Labute approximate surface area is 260 Å². The molecule has 6 nitrogen and oxygen atoms in total. The standard InChI is InChI=1S/C35H39N3O3SSi/c1-25(39)41-31(29-24-36-22-23-37-29)30-32(40)38(43(5,6)34(2,3)4)33(30)42-35(26-16-10-7-11-17-26,27-18-12-8-13-19-27)28-20-14-9-15-21-28/h7-24,30-31,33H,1-6H3. The largest absolute Gasteiger partial charge is 0.455 e. The first-order valence-corrected chi connectivity index (χ1v) is 18.4. The number of amides is 1. The van der Waals surface area contributed by atoms with E-state index in [1.807, 2.05) is 18.2 Å². The predicted molar refractivity (Wildman–Crippen MR) is 175 cm³/mol. The Morgan fingerprint density at radius 2 is 1.35 bits per heavy atom. The van der Waals surface area contributed by atoms with Gasteiger partial charge in [-0.2, -0.15) is 0 Å². The van der Waals surface area contributed by atoms with E-state index in [0.29, 0.717) is 5.69 Å². The summed E-state index contributed by atoms with van der Waals surface area (Å²) < 4.78 is 7.40. The Kier molecular flexibility index (Phi) is 8.63. The van der Waals surface area contributed by atoms with Gasteiger partial charge in [-0.15, -0.1) is 11.8 Å². The molecule has 0 saturated carbocycles. The Balaban J connectivity index is 1.76. The lowest BCUT2D eigenvalue weighted by atomic mass is 9.84. The minimum Gasteiger partial charge on any atom is -0.455 e. The van der Waals surface area contributed by atoms with E-state index in [0.717, 1.165) is 16.7 Å². The molecular formula is C35H39N3O3SSi. The molecule has 222 valence electrons. The number of aromatic nitrogens is 2. The van der Waals surface area contributed by atoms with Crippen molar-refractivity contribution in [2.75, 3.05) is 0 Å². The molecular weight excluding hydrogens is 571 g/mol. The van der Waals surface area contributed by atoms with E-state index in [1.54, 1.807) is 30.4 Å². The number of carbonyl (C=O) groups is 2. The van der Waals surface area contributed by atoms with Crippen molar-refractivity contribution in [2.45, 2.75) is 62.1 Å². The van der Waals surface area contributed by atoms with Crippen molar-refractivity contribution in [1.29, 1.82) is 0 Å². The fourth-order valence-corrected chi connectivity index (χ4v) is 10.7. The minimum absolute atomic E-state index is 0.0101. The smallest absolute Gasteiger partial charge is 0.303 e. The minimum atomic E-state index is -2.39. The SMILES string of the molecule is CC(=O)OC(c1cnccn1)C1C(=O)N([Si](C)(C)C(C)(C)C)C1SC(c1ccccc1)(c1ccccc1)c1ccccc1. The van der Waals surface area contributed by atoms with Crippen LogP contribution in [0.4, 0.5) is 0 Å². The summed E-state index contributed by atoms with van der Waals surface area (Å²) in [6, 6.07) is 31.4. The Morgan fingerprint density at radius 3 is 1.74 bits per heavy atom. The molecule has 0 N–H and O–H groups in total. The fraction of sp³-hybridized carbons (Fsp3) is 0.314. The van der Waals surface area contributed by atoms with Gasteiger partial charge >= 0.3 is 5.97 Å². The third kappa shape index (κ3) is 5.66. The van der Waals surface area contributed by atoms with Gasteiger partial charge in [0.05, 0.1) is 16.3 Å². The number of hydrogen-bond acceptors (Lipinski definition) is 6. The zero-order valence-electron chi connectivity index (χ0n) is 25.6. The highest BCUT2D eigenvalue weighted by atomic mass is 32.2. The van der Waals surface area contributed by atoms with Crippen LogP contribution in [0.1, 0.15) is 56.2 Å². The first-order chi connectivity index (χ1) is 20.5. The summed E-state index contributed by atoms with van der Waals surface area (Å²) in [6.07, 6.45) is 3.88. The van der Waals surface area contributed by atoms with Gasteiger partial charge in [-0.1, -0.05) is 125 Å². The molecule has 3 atom stereocenters. The Hall–Kier alpha value is -3.75. The molecule has 5 rings (SSSR count). The number of nitrogens with zero attached hydrogens (tertiary/aromatic N) is 3. The molecule has 1 aliphatic heterocycles. The third-order valence-electron chi connectivity index (χ3n) is 8.85. The molecule has 0 spiro atoms. The topological polar surface area (TPSA) is 72.4 Å². The first-order valence-electron chi connectivity index (χ1n) is 14.6. The number of ether oxygens (including phenoxy) is 1. The van der Waals surface area contributed by atoms with Gasteiger partial charge in [0.2, 0.25) is 5.91 Å². The van der Waals surface area contributed by atoms with E-state index in [-0.39, 0.29) is 16.3 Å². The molecule has 4 aromatic rings. The quantitative estimate of drug-likeness (QED) is 0.0842. The number of thioether (sulfide) groups is 1. The normalized spacial score (nSPS) is 18.1. The van der Waals surface area contributed by atoms with E-state index in [9.17, 15) is 9.59 Å². The van der Waals surface area contributed by atoms with Gasteiger partial charge in [-0.25, -0.2) is 0 Å². The number of rotatable bonds is 9. The van der Waals surface area contributed by atoms with Gasteiger partial charge in [-0.05, 0) is 21.7 Å². The lowest BCUT2D eigenvalue weighted by Gasteiger charge is -2.60. The molecule has 1 aliphatic rings. The van der Waals surface area contributed by atoms with Crippen LogP contribution in [0.2, 0.25) is 18.1 Å². The molecule has 1 amide bonds. The van der Waals surface area contributed by atoms with E-state index in [2.05, 4.69) is 121 Å². The number of benzene rings is 3. The van der Waals surface area contributed by atoms with Gasteiger partial charge < -0.3 is 9.30 Å². The molecule has 0 bridgehead atoms. The predicted octanol–water partition coefficient (Wildman–Crippen LogP) is 7.60. The van der Waals surface area contributed by atoms with Crippen molar-refractivity contribution in [2.24, 2.45) is 5.92 Å². The highest BCUT2D eigenvalue weighted by Gasteiger charge is 2.63. The summed E-state index contributed by atoms with van der Waals surface area (Å²) >= 11 is 1.75. The molecule has 8 heteroatoms. The average Bonchev–Trinajstić information content (AvgIpc) is 3.00. The van der Waals surface area contributed by atoms with Crippen LogP contribution in [0.5, 0.6) is 0 Å². The second-order valence-corrected chi connectivity index (χ2v) is 18.9. The lowest BCUT2D eigenvalue weighted by Crippen LogP contribution is -2.73. The molecule has 1 aromatic heterocycles. The maximum Gasteiger partial charge on any atom is 0.303 e. The number of esters is 1. The molecule has 1 saturated heterocycles. The second-order valence-electron chi connectivity index (χ2n) is 12.5. The zero-order valence-corrected chi connectivity index (χ0v) is 27.4. The molecule has 3 unspecified atom stereocenters. The fourth-order valence-electron chi connectivity index (χ4n) is 5.70. The van der Waals surface area contributed by atoms with Crippen LogP contribution in [0.3, 0.4) is 0 Å². The summed E-state index contributed by atoms with van der Waals surface area (Å²) in [5.41, 5.74) is 3.79. The average molecular weight is 610 g/mol. The van der Waals surface area contributed by atoms with Crippen LogP contribution in [-0.2, 0) is 19.1 Å². The van der Waals surface area contributed by atoms with Crippen LogP contribution in [0.15, 0.2) is 110 Å². The monoisotopic (exact) mass is 609 g/mol. The van der Waals surface area contributed by atoms with Crippen molar-refractivity contribution in [3.8, 4) is 0 Å². The maximum atomic E-state index is 14.5. The van der Waals surface area contributed by atoms with Crippen LogP contribution in [0, 0.1) is 5.92 Å². The van der Waals surface area contributed by atoms with E-state index in [1.165, 1.54) is 6.92 Å². The van der Waals surface area contributed by atoms with Gasteiger partial charge in [0.1, 0.15) is 11.6 Å². The third-order valence-corrected chi connectivity index (χ3v) is 16.2.